The second-order valence-corrected chi connectivity index (χ2v) is 12.8. The molecule has 9 atom stereocenters. The zero-order valence-corrected chi connectivity index (χ0v) is 18.8. The Labute approximate surface area is 177 Å². The molecule has 6 aliphatic carbocycles. The summed E-state index contributed by atoms with van der Waals surface area (Å²) in [6.45, 7) is 4.85. The van der Waals surface area contributed by atoms with Crippen molar-refractivity contribution in [1.82, 2.24) is 0 Å². The van der Waals surface area contributed by atoms with Gasteiger partial charge in [0, 0.05) is 0 Å². The first-order chi connectivity index (χ1) is 13.9. The predicted molar refractivity (Wildman–Crippen MR) is 115 cm³/mol. The Hall–Kier alpha value is -0.530. The number of fused-ring (bicyclic) bond motifs is 7. The van der Waals surface area contributed by atoms with Crippen molar-refractivity contribution in [3.8, 4) is 0 Å². The van der Waals surface area contributed by atoms with E-state index >= 15 is 0 Å². The van der Waals surface area contributed by atoms with Crippen LogP contribution in [0.2, 0.25) is 0 Å². The summed E-state index contributed by atoms with van der Waals surface area (Å²) in [7, 11) is 0. The molecule has 0 heterocycles. The van der Waals surface area contributed by atoms with E-state index in [9.17, 15) is 9.90 Å². The van der Waals surface area contributed by atoms with E-state index < -0.39 is 11.4 Å². The van der Waals surface area contributed by atoms with E-state index in [2.05, 4.69) is 13.8 Å². The third-order valence-corrected chi connectivity index (χ3v) is 12.3. The number of carboxylic acid groups (broad SMARTS) is 1. The summed E-state index contributed by atoms with van der Waals surface area (Å²) in [5.74, 6) is 5.41. The average Bonchev–Trinajstić information content (AvgIpc) is 3.32. The maximum atomic E-state index is 13.0. The molecule has 0 radical (unpaired) electrons. The van der Waals surface area contributed by atoms with Gasteiger partial charge in [-0.2, -0.15) is 0 Å². The highest BCUT2D eigenvalue weighted by atomic mass is 16.4. The van der Waals surface area contributed by atoms with Crippen molar-refractivity contribution >= 4 is 5.97 Å². The lowest BCUT2D eigenvalue weighted by atomic mass is 9.37. The molecule has 0 saturated heterocycles. The lowest BCUT2D eigenvalue weighted by Crippen LogP contribution is -2.64. The number of hydrogen-bond acceptors (Lipinski definition) is 1. The van der Waals surface area contributed by atoms with Crippen LogP contribution in [0.3, 0.4) is 0 Å². The summed E-state index contributed by atoms with van der Waals surface area (Å²) in [5, 5.41) is 10.7. The Morgan fingerprint density at radius 1 is 0.793 bits per heavy atom. The Morgan fingerprint density at radius 2 is 1.52 bits per heavy atom. The summed E-state index contributed by atoms with van der Waals surface area (Å²) >= 11 is 0. The third-order valence-electron chi connectivity index (χ3n) is 12.3. The van der Waals surface area contributed by atoms with Crippen molar-refractivity contribution in [2.75, 3.05) is 0 Å². The van der Waals surface area contributed by atoms with Gasteiger partial charge in [-0.15, -0.1) is 0 Å². The molecule has 0 aromatic carbocycles. The van der Waals surface area contributed by atoms with Crippen LogP contribution >= 0.6 is 0 Å². The normalized spacial score (nSPS) is 55.2. The minimum atomic E-state index is -0.424. The highest BCUT2D eigenvalue weighted by molar-refractivity contribution is 5.77. The fourth-order valence-corrected chi connectivity index (χ4v) is 11.2. The number of carboxylic acids is 1. The second kappa shape index (κ2) is 6.26. The zero-order valence-electron chi connectivity index (χ0n) is 18.8. The molecule has 0 aromatic rings. The summed E-state index contributed by atoms with van der Waals surface area (Å²) in [5.41, 5.74) is -0.00872. The van der Waals surface area contributed by atoms with Crippen LogP contribution in [0.15, 0.2) is 0 Å². The zero-order chi connectivity index (χ0) is 20.0. The molecule has 2 heteroatoms. The van der Waals surface area contributed by atoms with E-state index in [-0.39, 0.29) is 5.41 Å². The predicted octanol–water partition coefficient (Wildman–Crippen LogP) is 6.93. The first-order valence-corrected chi connectivity index (χ1v) is 13.2. The first-order valence-electron chi connectivity index (χ1n) is 13.2. The quantitative estimate of drug-likeness (QED) is 0.548. The fourth-order valence-electron chi connectivity index (χ4n) is 11.2. The van der Waals surface area contributed by atoms with Crippen LogP contribution in [0.5, 0.6) is 0 Å². The molecule has 6 fully saturated rings. The smallest absolute Gasteiger partial charge is 0.310 e. The van der Waals surface area contributed by atoms with Gasteiger partial charge in [-0.05, 0) is 116 Å². The molecule has 6 rings (SSSR count). The highest BCUT2D eigenvalue weighted by Gasteiger charge is 2.77. The Balaban J connectivity index is 1.41. The van der Waals surface area contributed by atoms with Gasteiger partial charge in [-0.3, -0.25) is 4.79 Å². The average molecular weight is 399 g/mol. The molecule has 0 bridgehead atoms. The molecule has 0 spiro atoms. The number of rotatable bonds is 2. The second-order valence-electron chi connectivity index (χ2n) is 12.8. The SMILES string of the molecule is CC1CC2C3CCC4CCCCC4C3CCC2C2(C3(C)CC3)CCCC12C(=O)O. The van der Waals surface area contributed by atoms with E-state index in [1.54, 1.807) is 0 Å². The number of hydrogen-bond donors (Lipinski definition) is 1. The fraction of sp³-hybridized carbons (Fsp3) is 0.963. The maximum Gasteiger partial charge on any atom is 0.310 e. The van der Waals surface area contributed by atoms with Crippen molar-refractivity contribution in [1.29, 1.82) is 0 Å². The van der Waals surface area contributed by atoms with Gasteiger partial charge in [-0.25, -0.2) is 0 Å². The monoisotopic (exact) mass is 398 g/mol. The van der Waals surface area contributed by atoms with Crippen LogP contribution in [0.1, 0.15) is 104 Å². The molecular weight excluding hydrogens is 356 g/mol. The minimum Gasteiger partial charge on any atom is -0.481 e. The molecular formula is C27H42O2. The molecule has 6 saturated carbocycles. The van der Waals surface area contributed by atoms with E-state index in [4.69, 9.17) is 0 Å². The van der Waals surface area contributed by atoms with Gasteiger partial charge >= 0.3 is 5.97 Å². The Morgan fingerprint density at radius 3 is 2.28 bits per heavy atom. The standard InChI is InChI=1S/C27H42O2/c1-17-16-22-21-9-8-18-6-3-4-7-19(18)20(21)10-11-23(22)27(25(2)14-15-25)13-5-12-26(17,27)24(28)29/h17-23H,3-16H2,1-2H3,(H,28,29). The minimum absolute atomic E-state index is 0.0998. The van der Waals surface area contributed by atoms with Crippen molar-refractivity contribution in [3.05, 3.63) is 0 Å². The Kier molecular flexibility index (Phi) is 4.14. The maximum absolute atomic E-state index is 13.0. The van der Waals surface area contributed by atoms with Gasteiger partial charge in [0.15, 0.2) is 0 Å². The largest absolute Gasteiger partial charge is 0.481 e. The molecule has 0 aromatic heterocycles. The van der Waals surface area contributed by atoms with Crippen LogP contribution in [0, 0.1) is 57.7 Å². The van der Waals surface area contributed by atoms with E-state index in [1.807, 2.05) is 0 Å². The highest BCUT2D eigenvalue weighted by Crippen LogP contribution is 2.81. The van der Waals surface area contributed by atoms with Gasteiger partial charge in [0.2, 0.25) is 0 Å². The number of aliphatic carboxylic acids is 1. The number of carbonyl (C=O) groups is 1. The van der Waals surface area contributed by atoms with Gasteiger partial charge in [0.25, 0.3) is 0 Å². The molecule has 2 nitrogen and oxygen atoms in total. The topological polar surface area (TPSA) is 37.3 Å². The van der Waals surface area contributed by atoms with Crippen LogP contribution in [-0.2, 0) is 4.79 Å². The Bertz CT molecular complexity index is 695. The van der Waals surface area contributed by atoms with Crippen LogP contribution < -0.4 is 0 Å². The van der Waals surface area contributed by atoms with Crippen molar-refractivity contribution in [2.45, 2.75) is 104 Å². The molecule has 29 heavy (non-hydrogen) atoms. The third kappa shape index (κ3) is 2.23. The molecule has 6 aliphatic rings. The molecule has 0 amide bonds. The van der Waals surface area contributed by atoms with E-state index in [0.717, 1.165) is 42.4 Å². The first kappa shape index (κ1) is 19.2. The van der Waals surface area contributed by atoms with Gasteiger partial charge in [0.1, 0.15) is 0 Å². The summed E-state index contributed by atoms with van der Waals surface area (Å²) in [6.07, 6.45) is 18.8. The van der Waals surface area contributed by atoms with E-state index in [0.29, 0.717) is 17.3 Å². The summed E-state index contributed by atoms with van der Waals surface area (Å²) in [6, 6.07) is 0. The van der Waals surface area contributed by atoms with Gasteiger partial charge < -0.3 is 5.11 Å². The van der Waals surface area contributed by atoms with Crippen LogP contribution in [-0.4, -0.2) is 11.1 Å². The summed E-state index contributed by atoms with van der Waals surface area (Å²) < 4.78 is 0. The van der Waals surface area contributed by atoms with Crippen molar-refractivity contribution in [3.63, 3.8) is 0 Å². The lowest BCUT2D eigenvalue weighted by molar-refractivity contribution is -0.210. The van der Waals surface area contributed by atoms with Crippen molar-refractivity contribution in [2.24, 2.45) is 57.7 Å². The van der Waals surface area contributed by atoms with Gasteiger partial charge in [-0.1, -0.05) is 39.5 Å². The molecule has 0 aliphatic heterocycles. The van der Waals surface area contributed by atoms with Crippen LogP contribution in [0.4, 0.5) is 0 Å². The molecule has 1 N–H and O–H groups in total. The van der Waals surface area contributed by atoms with Crippen molar-refractivity contribution < 1.29 is 9.90 Å². The van der Waals surface area contributed by atoms with Crippen LogP contribution in [0.25, 0.3) is 0 Å². The lowest BCUT2D eigenvalue weighted by Gasteiger charge is -2.66. The van der Waals surface area contributed by atoms with Gasteiger partial charge in [0.05, 0.1) is 5.41 Å². The molecule has 9 unspecified atom stereocenters. The molecule has 162 valence electrons. The van der Waals surface area contributed by atoms with E-state index in [1.165, 1.54) is 77.0 Å². The summed E-state index contributed by atoms with van der Waals surface area (Å²) in [4.78, 5) is 13.0.